The molecule has 0 fully saturated rings. The van der Waals surface area contributed by atoms with Crippen LogP contribution in [0.1, 0.15) is 25.1 Å². The molecule has 0 radical (unpaired) electrons. The number of aryl methyl sites for hydroxylation is 1. The minimum absolute atomic E-state index is 0.808. The van der Waals surface area contributed by atoms with Gasteiger partial charge in [-0.25, -0.2) is 4.98 Å². The normalized spacial score (nSPS) is 10.6. The first-order chi connectivity index (χ1) is 6.33. The summed E-state index contributed by atoms with van der Waals surface area (Å²) in [5.74, 6) is 2.02. The fourth-order valence-electron chi connectivity index (χ4n) is 0.919. The lowest BCUT2D eigenvalue weighted by Crippen LogP contribution is -1.97. The molecule has 1 aromatic rings. The molecule has 0 aromatic carbocycles. The molecule has 0 aliphatic carbocycles. The zero-order valence-corrected chi connectivity index (χ0v) is 9.46. The molecule has 0 aliphatic heterocycles. The van der Waals surface area contributed by atoms with Gasteiger partial charge < -0.3 is 5.73 Å². The van der Waals surface area contributed by atoms with Crippen LogP contribution in [0.4, 0.5) is 0 Å². The average molecular weight is 217 g/mol. The van der Waals surface area contributed by atoms with E-state index >= 15 is 0 Å². The number of hydrogen-bond acceptors (Lipinski definition) is 5. The van der Waals surface area contributed by atoms with Gasteiger partial charge in [0.15, 0.2) is 4.34 Å². The van der Waals surface area contributed by atoms with Crippen molar-refractivity contribution in [2.24, 2.45) is 5.73 Å². The molecular formula is C8H15N3S2. The fraction of sp³-hybridized carbons (Fsp3) is 0.750. The van der Waals surface area contributed by atoms with E-state index in [0.717, 1.165) is 28.9 Å². The summed E-state index contributed by atoms with van der Waals surface area (Å²) in [6.07, 6.45) is 3.58. The van der Waals surface area contributed by atoms with E-state index in [1.807, 2.05) is 6.92 Å². The van der Waals surface area contributed by atoms with Crippen molar-refractivity contribution >= 4 is 23.3 Å². The van der Waals surface area contributed by atoms with Gasteiger partial charge in [0, 0.05) is 5.75 Å². The van der Waals surface area contributed by atoms with Crippen LogP contribution in [0.5, 0.6) is 0 Å². The molecular weight excluding hydrogens is 202 g/mol. The molecule has 1 heterocycles. The summed E-state index contributed by atoms with van der Waals surface area (Å²) in [6.45, 7) is 2.73. The van der Waals surface area contributed by atoms with E-state index in [-0.39, 0.29) is 0 Å². The predicted octanol–water partition coefficient (Wildman–Crippen LogP) is 2.07. The van der Waals surface area contributed by atoms with Crippen LogP contribution in [0.3, 0.4) is 0 Å². The molecule has 74 valence electrons. The van der Waals surface area contributed by atoms with E-state index in [0.29, 0.717) is 0 Å². The van der Waals surface area contributed by atoms with Crippen LogP contribution in [0, 0.1) is 6.92 Å². The second-order valence-electron chi connectivity index (χ2n) is 2.81. The third-order valence-corrected chi connectivity index (χ3v) is 3.59. The minimum atomic E-state index is 0.808. The Bertz CT molecular complexity index is 237. The fourth-order valence-corrected chi connectivity index (χ4v) is 2.64. The first kappa shape index (κ1) is 10.9. The van der Waals surface area contributed by atoms with Crippen molar-refractivity contribution in [2.75, 3.05) is 12.3 Å². The van der Waals surface area contributed by atoms with Gasteiger partial charge in [0.1, 0.15) is 5.82 Å². The number of nitrogens with two attached hydrogens (primary N) is 1. The summed E-state index contributed by atoms with van der Waals surface area (Å²) in [5, 5.41) is 0. The Labute approximate surface area is 87.3 Å². The van der Waals surface area contributed by atoms with E-state index in [9.17, 15) is 0 Å². The number of aromatic nitrogens is 2. The molecule has 0 unspecified atom stereocenters. The van der Waals surface area contributed by atoms with E-state index in [1.54, 1.807) is 11.8 Å². The molecule has 0 atom stereocenters. The van der Waals surface area contributed by atoms with Crippen molar-refractivity contribution in [3.8, 4) is 0 Å². The Morgan fingerprint density at radius 3 is 2.85 bits per heavy atom. The third kappa shape index (κ3) is 4.59. The van der Waals surface area contributed by atoms with Crippen LogP contribution in [0.15, 0.2) is 4.34 Å². The van der Waals surface area contributed by atoms with Gasteiger partial charge >= 0.3 is 0 Å². The minimum Gasteiger partial charge on any atom is -0.330 e. The first-order valence-electron chi connectivity index (χ1n) is 4.46. The van der Waals surface area contributed by atoms with Gasteiger partial charge in [-0.05, 0) is 37.8 Å². The smallest absolute Gasteiger partial charge is 0.170 e. The van der Waals surface area contributed by atoms with E-state index in [1.165, 1.54) is 24.4 Å². The highest BCUT2D eigenvalue weighted by Gasteiger charge is 1.99. The first-order valence-corrected chi connectivity index (χ1v) is 6.22. The van der Waals surface area contributed by atoms with Gasteiger partial charge in [-0.15, -0.1) is 0 Å². The summed E-state index contributed by atoms with van der Waals surface area (Å²) in [6, 6.07) is 0. The zero-order valence-electron chi connectivity index (χ0n) is 7.82. The molecule has 0 bridgehead atoms. The summed E-state index contributed by atoms with van der Waals surface area (Å²) in [4.78, 5) is 4.27. The lowest BCUT2D eigenvalue weighted by atomic mass is 10.2. The number of hydrogen-bond donors (Lipinski definition) is 1. The number of rotatable bonds is 6. The highest BCUT2D eigenvalue weighted by atomic mass is 32.2. The maximum absolute atomic E-state index is 5.40. The SMILES string of the molecule is Cc1nsc(SCCCCCN)n1. The molecule has 0 amide bonds. The molecule has 0 spiro atoms. The number of thioether (sulfide) groups is 1. The zero-order chi connectivity index (χ0) is 9.52. The molecule has 1 aromatic heterocycles. The van der Waals surface area contributed by atoms with Crippen LogP contribution in [-0.4, -0.2) is 21.7 Å². The summed E-state index contributed by atoms with van der Waals surface area (Å²) >= 11 is 3.29. The van der Waals surface area contributed by atoms with E-state index < -0.39 is 0 Å². The van der Waals surface area contributed by atoms with Gasteiger partial charge in [0.05, 0.1) is 0 Å². The Kier molecular flexibility index (Phi) is 5.34. The van der Waals surface area contributed by atoms with Gasteiger partial charge in [0.25, 0.3) is 0 Å². The molecule has 0 saturated heterocycles. The van der Waals surface area contributed by atoms with Crippen molar-refractivity contribution in [3.05, 3.63) is 5.82 Å². The highest BCUT2D eigenvalue weighted by Crippen LogP contribution is 2.20. The van der Waals surface area contributed by atoms with Crippen molar-refractivity contribution in [2.45, 2.75) is 30.5 Å². The Balaban J connectivity index is 2.06. The van der Waals surface area contributed by atoms with Crippen LogP contribution in [0.25, 0.3) is 0 Å². The molecule has 0 saturated carbocycles. The maximum atomic E-state index is 5.40. The van der Waals surface area contributed by atoms with Crippen molar-refractivity contribution in [1.29, 1.82) is 0 Å². The lowest BCUT2D eigenvalue weighted by Gasteiger charge is -1.96. The molecule has 13 heavy (non-hydrogen) atoms. The molecule has 3 nitrogen and oxygen atoms in total. The standard InChI is InChI=1S/C8H15N3S2/c1-7-10-8(13-11-7)12-6-4-2-3-5-9/h2-6,9H2,1H3. The number of nitrogens with zero attached hydrogens (tertiary/aromatic N) is 2. The summed E-state index contributed by atoms with van der Waals surface area (Å²) in [7, 11) is 0. The quantitative estimate of drug-likeness (QED) is 0.585. The second-order valence-corrected chi connectivity index (χ2v) is 4.90. The largest absolute Gasteiger partial charge is 0.330 e. The van der Waals surface area contributed by atoms with Crippen molar-refractivity contribution in [3.63, 3.8) is 0 Å². The maximum Gasteiger partial charge on any atom is 0.170 e. The summed E-state index contributed by atoms with van der Waals surface area (Å²) in [5.41, 5.74) is 5.40. The predicted molar refractivity (Wildman–Crippen MR) is 58.3 cm³/mol. The van der Waals surface area contributed by atoms with Gasteiger partial charge in [-0.2, -0.15) is 4.37 Å². The Morgan fingerprint density at radius 1 is 1.38 bits per heavy atom. The average Bonchev–Trinajstić information content (AvgIpc) is 2.51. The van der Waals surface area contributed by atoms with Crippen molar-refractivity contribution < 1.29 is 0 Å². The van der Waals surface area contributed by atoms with Crippen LogP contribution < -0.4 is 5.73 Å². The van der Waals surface area contributed by atoms with Crippen LogP contribution in [-0.2, 0) is 0 Å². The van der Waals surface area contributed by atoms with Crippen LogP contribution >= 0.6 is 23.3 Å². The third-order valence-electron chi connectivity index (χ3n) is 1.58. The van der Waals surface area contributed by atoms with Gasteiger partial charge in [-0.3, -0.25) is 0 Å². The van der Waals surface area contributed by atoms with Gasteiger partial charge in [-0.1, -0.05) is 18.2 Å². The van der Waals surface area contributed by atoms with Gasteiger partial charge in [0.2, 0.25) is 0 Å². The lowest BCUT2D eigenvalue weighted by molar-refractivity contribution is 0.732. The number of unbranched alkanes of at least 4 members (excludes halogenated alkanes) is 2. The van der Waals surface area contributed by atoms with Crippen molar-refractivity contribution in [1.82, 2.24) is 9.36 Å². The molecule has 0 aliphatic rings. The Morgan fingerprint density at radius 2 is 2.23 bits per heavy atom. The molecule has 2 N–H and O–H groups in total. The molecule has 1 rings (SSSR count). The monoisotopic (exact) mass is 217 g/mol. The highest BCUT2D eigenvalue weighted by molar-refractivity contribution is 8.00. The van der Waals surface area contributed by atoms with E-state index in [2.05, 4.69) is 9.36 Å². The Hall–Kier alpha value is -0.130. The summed E-state index contributed by atoms with van der Waals surface area (Å²) < 4.78 is 5.21. The van der Waals surface area contributed by atoms with E-state index in [4.69, 9.17) is 5.73 Å². The van der Waals surface area contributed by atoms with Crippen LogP contribution in [0.2, 0.25) is 0 Å². The molecule has 5 heteroatoms. The second kappa shape index (κ2) is 6.34. The topological polar surface area (TPSA) is 51.8 Å².